The van der Waals surface area contributed by atoms with Gasteiger partial charge in [-0.3, -0.25) is 0 Å². The topological polar surface area (TPSA) is 54.2 Å². The molecule has 0 atom stereocenters. The molecule has 0 bridgehead atoms. The maximum Gasteiger partial charge on any atom is 0.191 e. The third-order valence-electron chi connectivity index (χ3n) is 4.01. The first-order valence-corrected chi connectivity index (χ1v) is 8.79. The first-order chi connectivity index (χ1) is 13.6. The second-order valence-electron chi connectivity index (χ2n) is 6.04. The fraction of sp³-hybridized carbons (Fsp3) is 0.200. The van der Waals surface area contributed by atoms with Crippen LogP contribution in [-0.4, -0.2) is 22.1 Å². The highest BCUT2D eigenvalue weighted by Gasteiger charge is 2.07. The molecule has 1 aromatic heterocycles. The first kappa shape index (κ1) is 19.5. The minimum atomic E-state index is -0.506. The monoisotopic (exact) mass is 387 g/mol. The molecule has 5 nitrogen and oxygen atoms in total. The summed E-state index contributed by atoms with van der Waals surface area (Å²) >= 11 is 0. The van der Waals surface area contributed by atoms with Crippen molar-refractivity contribution >= 4 is 5.96 Å². The Hall–Kier alpha value is -3.29. The summed E-state index contributed by atoms with van der Waals surface area (Å²) < 4.78 is 42.9. The Morgan fingerprint density at radius 1 is 1.07 bits per heavy atom. The maximum atomic E-state index is 14.3. The van der Waals surface area contributed by atoms with Crippen LogP contribution in [-0.2, 0) is 13.1 Å². The zero-order valence-corrected chi connectivity index (χ0v) is 15.3. The molecule has 0 aliphatic heterocycles. The van der Waals surface area contributed by atoms with Crippen LogP contribution >= 0.6 is 0 Å². The third kappa shape index (κ3) is 4.91. The summed E-state index contributed by atoms with van der Waals surface area (Å²) in [4.78, 5) is 8.28. The molecule has 0 spiro atoms. The van der Waals surface area contributed by atoms with E-state index in [1.807, 2.05) is 6.92 Å². The second kappa shape index (κ2) is 9.07. The van der Waals surface area contributed by atoms with Crippen molar-refractivity contribution in [2.75, 3.05) is 6.54 Å². The molecule has 28 heavy (non-hydrogen) atoms. The second-order valence-corrected chi connectivity index (χ2v) is 6.04. The van der Waals surface area contributed by atoms with Gasteiger partial charge in [0.15, 0.2) is 5.96 Å². The van der Waals surface area contributed by atoms with E-state index in [0.717, 1.165) is 18.2 Å². The molecule has 0 fully saturated rings. The van der Waals surface area contributed by atoms with E-state index < -0.39 is 11.6 Å². The lowest BCUT2D eigenvalue weighted by Crippen LogP contribution is -2.37. The predicted octanol–water partition coefficient (Wildman–Crippen LogP) is 3.54. The van der Waals surface area contributed by atoms with Gasteiger partial charge in [0.05, 0.1) is 18.6 Å². The van der Waals surface area contributed by atoms with Crippen molar-refractivity contribution in [3.63, 3.8) is 0 Å². The van der Waals surface area contributed by atoms with Gasteiger partial charge in [-0.15, -0.1) is 0 Å². The van der Waals surface area contributed by atoms with Gasteiger partial charge in [0.25, 0.3) is 0 Å². The fourth-order valence-electron chi connectivity index (χ4n) is 2.63. The van der Waals surface area contributed by atoms with Gasteiger partial charge in [0.1, 0.15) is 17.5 Å². The van der Waals surface area contributed by atoms with E-state index in [2.05, 4.69) is 20.6 Å². The Bertz CT molecular complexity index is 954. The summed E-state index contributed by atoms with van der Waals surface area (Å²) in [6, 6.07) is 8.13. The number of benzene rings is 2. The number of nitrogens with one attached hydrogen (secondary N) is 2. The summed E-state index contributed by atoms with van der Waals surface area (Å²) in [6.45, 7) is 2.77. The summed E-state index contributed by atoms with van der Waals surface area (Å²) in [5.41, 5.74) is 1.27. The quantitative estimate of drug-likeness (QED) is 0.503. The van der Waals surface area contributed by atoms with Crippen LogP contribution in [0.25, 0.3) is 5.69 Å². The van der Waals surface area contributed by atoms with Crippen LogP contribution in [0.1, 0.15) is 18.1 Å². The number of halogens is 3. The summed E-state index contributed by atoms with van der Waals surface area (Å²) in [6.07, 6.45) is 4.76. The van der Waals surface area contributed by atoms with E-state index >= 15 is 0 Å². The number of aliphatic imine (C=N–C) groups is 1. The standard InChI is InChI=1S/C20H20F3N5/c1-2-25-20(27-12-15-10-16(21)4-5-17(15)22)26-11-14-3-6-19(18(23)9-14)28-8-7-24-13-28/h3-10,13H,2,11-12H2,1H3,(H2,25,26,27). The van der Waals surface area contributed by atoms with Gasteiger partial charge in [0, 0.05) is 31.0 Å². The lowest BCUT2D eigenvalue weighted by atomic mass is 10.2. The molecule has 0 unspecified atom stereocenters. The SMILES string of the molecule is CCNC(=NCc1ccc(-n2ccnc2)c(F)c1)NCc1cc(F)ccc1F. The van der Waals surface area contributed by atoms with Crippen LogP contribution in [0.5, 0.6) is 0 Å². The van der Waals surface area contributed by atoms with Crippen LogP contribution in [0.2, 0.25) is 0 Å². The Morgan fingerprint density at radius 3 is 2.64 bits per heavy atom. The van der Waals surface area contributed by atoms with Gasteiger partial charge in [-0.25, -0.2) is 23.1 Å². The van der Waals surface area contributed by atoms with Crippen molar-refractivity contribution in [3.05, 3.63) is 83.7 Å². The minimum absolute atomic E-state index is 0.0728. The highest BCUT2D eigenvalue weighted by atomic mass is 19.1. The third-order valence-corrected chi connectivity index (χ3v) is 4.01. The van der Waals surface area contributed by atoms with Crippen LogP contribution in [0, 0.1) is 17.5 Å². The molecule has 2 N–H and O–H groups in total. The minimum Gasteiger partial charge on any atom is -0.357 e. The first-order valence-electron chi connectivity index (χ1n) is 8.79. The number of hydrogen-bond donors (Lipinski definition) is 2. The zero-order chi connectivity index (χ0) is 19.9. The Kier molecular flexibility index (Phi) is 6.31. The molecule has 3 aromatic rings. The molecule has 0 aliphatic carbocycles. The number of guanidine groups is 1. The number of hydrogen-bond acceptors (Lipinski definition) is 2. The number of aromatic nitrogens is 2. The summed E-state index contributed by atoms with van der Waals surface area (Å²) in [7, 11) is 0. The van der Waals surface area contributed by atoms with E-state index in [0.29, 0.717) is 23.8 Å². The van der Waals surface area contributed by atoms with Gasteiger partial charge in [-0.1, -0.05) is 6.07 Å². The maximum absolute atomic E-state index is 14.3. The van der Waals surface area contributed by atoms with Gasteiger partial charge >= 0.3 is 0 Å². The highest BCUT2D eigenvalue weighted by Crippen LogP contribution is 2.15. The largest absolute Gasteiger partial charge is 0.357 e. The lowest BCUT2D eigenvalue weighted by Gasteiger charge is -2.12. The van der Waals surface area contributed by atoms with Crippen LogP contribution in [0.15, 0.2) is 60.1 Å². The molecule has 0 saturated carbocycles. The van der Waals surface area contributed by atoms with Crippen molar-refractivity contribution in [1.29, 1.82) is 0 Å². The number of rotatable bonds is 6. The normalized spacial score (nSPS) is 11.5. The average Bonchev–Trinajstić information content (AvgIpc) is 3.21. The number of imidazole rings is 1. The van der Waals surface area contributed by atoms with Crippen LogP contribution in [0.4, 0.5) is 13.2 Å². The molecule has 0 amide bonds. The Labute approximate surface area is 161 Å². The van der Waals surface area contributed by atoms with Crippen molar-refractivity contribution < 1.29 is 13.2 Å². The molecular formula is C20H20F3N5. The smallest absolute Gasteiger partial charge is 0.191 e. The number of nitrogens with zero attached hydrogens (tertiary/aromatic N) is 3. The molecule has 2 aromatic carbocycles. The predicted molar refractivity (Wildman–Crippen MR) is 102 cm³/mol. The van der Waals surface area contributed by atoms with E-state index in [1.165, 1.54) is 12.4 Å². The van der Waals surface area contributed by atoms with Crippen molar-refractivity contribution in [2.45, 2.75) is 20.0 Å². The molecule has 1 heterocycles. The molecule has 8 heteroatoms. The van der Waals surface area contributed by atoms with Gasteiger partial charge < -0.3 is 15.2 Å². The van der Waals surface area contributed by atoms with E-state index in [4.69, 9.17) is 0 Å². The molecule has 3 rings (SSSR count). The molecule has 0 saturated heterocycles. The zero-order valence-electron chi connectivity index (χ0n) is 15.3. The molecular weight excluding hydrogens is 367 g/mol. The van der Waals surface area contributed by atoms with E-state index in [9.17, 15) is 13.2 Å². The van der Waals surface area contributed by atoms with E-state index in [-0.39, 0.29) is 24.5 Å². The highest BCUT2D eigenvalue weighted by molar-refractivity contribution is 5.79. The average molecular weight is 387 g/mol. The van der Waals surface area contributed by atoms with Crippen LogP contribution in [0.3, 0.4) is 0 Å². The summed E-state index contributed by atoms with van der Waals surface area (Å²) in [5.74, 6) is -0.966. The lowest BCUT2D eigenvalue weighted by molar-refractivity contribution is 0.581. The van der Waals surface area contributed by atoms with Gasteiger partial charge in [-0.05, 0) is 42.8 Å². The van der Waals surface area contributed by atoms with Crippen molar-refractivity contribution in [3.8, 4) is 5.69 Å². The Morgan fingerprint density at radius 2 is 1.93 bits per heavy atom. The molecule has 146 valence electrons. The van der Waals surface area contributed by atoms with Crippen LogP contribution < -0.4 is 10.6 Å². The summed E-state index contributed by atoms with van der Waals surface area (Å²) in [5, 5.41) is 5.97. The van der Waals surface area contributed by atoms with Crippen molar-refractivity contribution in [2.24, 2.45) is 4.99 Å². The molecule has 0 aliphatic rings. The fourth-order valence-corrected chi connectivity index (χ4v) is 2.63. The van der Waals surface area contributed by atoms with E-state index in [1.54, 1.807) is 29.1 Å². The Balaban J connectivity index is 1.68. The van der Waals surface area contributed by atoms with Gasteiger partial charge in [0.2, 0.25) is 0 Å². The molecule has 0 radical (unpaired) electrons. The van der Waals surface area contributed by atoms with Gasteiger partial charge in [-0.2, -0.15) is 0 Å². The van der Waals surface area contributed by atoms with Crippen molar-refractivity contribution in [1.82, 2.24) is 20.2 Å².